The largest absolute Gasteiger partial charge is 0.337 e. The first-order valence-electron chi connectivity index (χ1n) is 10.1. The van der Waals surface area contributed by atoms with E-state index in [9.17, 15) is 4.79 Å². The average molecular weight is 429 g/mol. The number of hydrogen-bond donors (Lipinski definition) is 2. The number of anilines is 1. The third-order valence-electron chi connectivity index (χ3n) is 5.26. The highest BCUT2D eigenvalue weighted by Gasteiger charge is 2.14. The van der Waals surface area contributed by atoms with Crippen LogP contribution in [-0.2, 0) is 13.1 Å². The number of nitrogens with one attached hydrogen (secondary N) is 2. The molecule has 0 radical (unpaired) electrons. The Balaban J connectivity index is 1.63. The van der Waals surface area contributed by atoms with Gasteiger partial charge in [0.2, 0.25) is 0 Å². The van der Waals surface area contributed by atoms with Gasteiger partial charge in [0.25, 0.3) is 5.56 Å². The van der Waals surface area contributed by atoms with Crippen molar-refractivity contribution < 1.29 is 0 Å². The zero-order chi connectivity index (χ0) is 21.8. The predicted molar refractivity (Wildman–Crippen MR) is 130 cm³/mol. The van der Waals surface area contributed by atoms with Crippen molar-refractivity contribution in [1.29, 1.82) is 0 Å². The summed E-state index contributed by atoms with van der Waals surface area (Å²) in [4.78, 5) is 22.1. The van der Waals surface area contributed by atoms with Crippen LogP contribution in [0.15, 0.2) is 77.6 Å². The molecule has 0 atom stereocenters. The van der Waals surface area contributed by atoms with E-state index < -0.39 is 0 Å². The molecule has 0 saturated carbocycles. The van der Waals surface area contributed by atoms with Crippen LogP contribution in [0.2, 0.25) is 0 Å². The first-order valence-corrected chi connectivity index (χ1v) is 10.6. The molecule has 1 aromatic heterocycles. The summed E-state index contributed by atoms with van der Waals surface area (Å²) in [7, 11) is 0. The molecular weight excluding hydrogens is 404 g/mol. The van der Waals surface area contributed by atoms with E-state index in [4.69, 9.17) is 12.2 Å². The molecule has 0 fully saturated rings. The fraction of sp³-hybridized carbons (Fsp3) is 0.160. The van der Waals surface area contributed by atoms with E-state index in [1.165, 1.54) is 11.1 Å². The molecule has 31 heavy (non-hydrogen) atoms. The van der Waals surface area contributed by atoms with Gasteiger partial charge < -0.3 is 15.2 Å². The van der Waals surface area contributed by atoms with E-state index in [1.807, 2.05) is 47.4 Å². The SMILES string of the molecule is Cc1ccc(NC(=S)N(Cc2ccccc2)Cc2nc3ccccc3c(=O)[nH]2)cc1C. The van der Waals surface area contributed by atoms with E-state index >= 15 is 0 Å². The minimum Gasteiger partial charge on any atom is -0.337 e. The Bertz CT molecular complexity index is 1280. The Hall–Kier alpha value is -3.51. The molecule has 2 N–H and O–H groups in total. The third kappa shape index (κ3) is 4.98. The first kappa shape index (κ1) is 20.8. The smallest absolute Gasteiger partial charge is 0.258 e. The van der Waals surface area contributed by atoms with Gasteiger partial charge in [0.05, 0.1) is 17.4 Å². The van der Waals surface area contributed by atoms with Crippen LogP contribution in [0.5, 0.6) is 0 Å². The molecular formula is C25H24N4OS. The molecule has 0 aliphatic carbocycles. The van der Waals surface area contributed by atoms with E-state index in [1.54, 1.807) is 6.07 Å². The van der Waals surface area contributed by atoms with Crippen LogP contribution >= 0.6 is 12.2 Å². The van der Waals surface area contributed by atoms with Crippen LogP contribution in [0.4, 0.5) is 5.69 Å². The summed E-state index contributed by atoms with van der Waals surface area (Å²) in [6, 6.07) is 23.6. The Morgan fingerprint density at radius 3 is 2.48 bits per heavy atom. The monoisotopic (exact) mass is 428 g/mol. The molecule has 1 heterocycles. The van der Waals surface area contributed by atoms with Crippen molar-refractivity contribution in [2.75, 3.05) is 5.32 Å². The fourth-order valence-electron chi connectivity index (χ4n) is 3.42. The zero-order valence-corrected chi connectivity index (χ0v) is 18.4. The summed E-state index contributed by atoms with van der Waals surface area (Å²) in [5, 5.41) is 4.49. The normalized spacial score (nSPS) is 10.8. The summed E-state index contributed by atoms with van der Waals surface area (Å²) in [6.07, 6.45) is 0. The first-order chi connectivity index (χ1) is 15.0. The van der Waals surface area contributed by atoms with Crippen LogP contribution in [0, 0.1) is 13.8 Å². The number of aromatic nitrogens is 2. The molecule has 6 heteroatoms. The molecule has 0 amide bonds. The van der Waals surface area contributed by atoms with E-state index in [0.717, 1.165) is 11.3 Å². The van der Waals surface area contributed by atoms with Crippen molar-refractivity contribution in [3.05, 3.63) is 106 Å². The molecule has 0 bridgehead atoms. The Morgan fingerprint density at radius 1 is 0.968 bits per heavy atom. The van der Waals surface area contributed by atoms with Gasteiger partial charge in [-0.1, -0.05) is 48.5 Å². The second kappa shape index (κ2) is 9.10. The summed E-state index contributed by atoms with van der Waals surface area (Å²) in [5.74, 6) is 0.573. The molecule has 0 aliphatic rings. The minimum absolute atomic E-state index is 0.145. The lowest BCUT2D eigenvalue weighted by atomic mass is 10.1. The van der Waals surface area contributed by atoms with Gasteiger partial charge in [-0.15, -0.1) is 0 Å². The molecule has 5 nitrogen and oxygen atoms in total. The van der Waals surface area contributed by atoms with Crippen LogP contribution in [0.3, 0.4) is 0 Å². The van der Waals surface area contributed by atoms with Gasteiger partial charge in [-0.25, -0.2) is 4.98 Å². The van der Waals surface area contributed by atoms with Gasteiger partial charge in [-0.05, 0) is 67.0 Å². The Morgan fingerprint density at radius 2 is 1.71 bits per heavy atom. The van der Waals surface area contributed by atoms with Gasteiger partial charge in [0.15, 0.2) is 5.11 Å². The Labute approximate surface area is 186 Å². The maximum Gasteiger partial charge on any atom is 0.258 e. The molecule has 0 unspecified atom stereocenters. The average Bonchev–Trinajstić information content (AvgIpc) is 2.76. The number of aromatic amines is 1. The highest BCUT2D eigenvalue weighted by atomic mass is 32.1. The highest BCUT2D eigenvalue weighted by molar-refractivity contribution is 7.80. The number of para-hydroxylation sites is 1. The number of nitrogens with zero attached hydrogens (tertiary/aromatic N) is 2. The number of fused-ring (bicyclic) bond motifs is 1. The lowest BCUT2D eigenvalue weighted by molar-refractivity contribution is 0.401. The molecule has 0 saturated heterocycles. The van der Waals surface area contributed by atoms with Crippen LogP contribution in [0.1, 0.15) is 22.5 Å². The van der Waals surface area contributed by atoms with Gasteiger partial charge in [-0.2, -0.15) is 0 Å². The summed E-state index contributed by atoms with van der Waals surface area (Å²) < 4.78 is 0. The number of H-pyrrole nitrogens is 1. The van der Waals surface area contributed by atoms with Crippen LogP contribution in [-0.4, -0.2) is 20.0 Å². The zero-order valence-electron chi connectivity index (χ0n) is 17.6. The van der Waals surface area contributed by atoms with Crippen molar-refractivity contribution in [2.45, 2.75) is 26.9 Å². The lowest BCUT2D eigenvalue weighted by Gasteiger charge is -2.26. The van der Waals surface area contributed by atoms with Gasteiger partial charge in [0, 0.05) is 12.2 Å². The van der Waals surface area contributed by atoms with Crippen molar-refractivity contribution >= 4 is 33.9 Å². The van der Waals surface area contributed by atoms with Crippen molar-refractivity contribution in [1.82, 2.24) is 14.9 Å². The highest BCUT2D eigenvalue weighted by Crippen LogP contribution is 2.17. The second-order valence-corrected chi connectivity index (χ2v) is 7.99. The molecule has 4 rings (SSSR count). The number of hydrogen-bond acceptors (Lipinski definition) is 3. The topological polar surface area (TPSA) is 61.0 Å². The fourth-order valence-corrected chi connectivity index (χ4v) is 3.66. The van der Waals surface area contributed by atoms with Crippen molar-refractivity contribution in [3.8, 4) is 0 Å². The molecule has 156 valence electrons. The van der Waals surface area contributed by atoms with Crippen molar-refractivity contribution in [2.24, 2.45) is 0 Å². The van der Waals surface area contributed by atoms with E-state index in [0.29, 0.717) is 34.9 Å². The molecule has 0 spiro atoms. The Kier molecular flexibility index (Phi) is 6.09. The third-order valence-corrected chi connectivity index (χ3v) is 5.62. The molecule has 0 aliphatic heterocycles. The van der Waals surface area contributed by atoms with E-state index in [-0.39, 0.29) is 5.56 Å². The number of benzene rings is 3. The molecule has 4 aromatic rings. The number of rotatable bonds is 5. The quantitative estimate of drug-likeness (QED) is 0.441. The predicted octanol–water partition coefficient (Wildman–Crippen LogP) is 4.94. The van der Waals surface area contributed by atoms with Gasteiger partial charge in [-0.3, -0.25) is 4.79 Å². The van der Waals surface area contributed by atoms with Crippen molar-refractivity contribution in [3.63, 3.8) is 0 Å². The van der Waals surface area contributed by atoms with Crippen LogP contribution < -0.4 is 10.9 Å². The maximum absolute atomic E-state index is 12.5. The second-order valence-electron chi connectivity index (χ2n) is 7.60. The minimum atomic E-state index is -0.145. The summed E-state index contributed by atoms with van der Waals surface area (Å²) in [5.41, 5.74) is 5.02. The number of thiocarbonyl (C=S) groups is 1. The maximum atomic E-state index is 12.5. The standard InChI is InChI=1S/C25H24N4OS/c1-17-12-13-20(14-18(17)2)26-25(31)29(15-19-8-4-3-5-9-19)16-23-27-22-11-7-6-10-21(22)24(30)28-23/h3-14H,15-16H2,1-2H3,(H,26,31)(H,27,28,30). The summed E-state index contributed by atoms with van der Waals surface area (Å²) >= 11 is 5.76. The van der Waals surface area contributed by atoms with E-state index in [2.05, 4.69) is 53.4 Å². The van der Waals surface area contributed by atoms with Crippen LogP contribution in [0.25, 0.3) is 10.9 Å². The van der Waals surface area contributed by atoms with Gasteiger partial charge in [0.1, 0.15) is 5.82 Å². The summed E-state index contributed by atoms with van der Waals surface area (Å²) in [6.45, 7) is 5.13. The number of aryl methyl sites for hydroxylation is 2. The lowest BCUT2D eigenvalue weighted by Crippen LogP contribution is -2.35. The van der Waals surface area contributed by atoms with Gasteiger partial charge >= 0.3 is 0 Å². The molecule has 3 aromatic carbocycles.